The Hall–Kier alpha value is -1.39. The average Bonchev–Trinajstić information content (AvgIpc) is 2.65. The molecule has 2 fully saturated rings. The molecule has 1 amide bonds. The number of piperidine rings is 2. The van der Waals surface area contributed by atoms with Gasteiger partial charge in [0.2, 0.25) is 5.91 Å². The molecule has 25 heavy (non-hydrogen) atoms. The molecule has 1 aromatic carbocycles. The van der Waals surface area contributed by atoms with E-state index in [-0.39, 0.29) is 0 Å². The monoisotopic (exact) mass is 341 g/mol. The van der Waals surface area contributed by atoms with Crippen LogP contribution in [0.25, 0.3) is 0 Å². The first-order valence-electron chi connectivity index (χ1n) is 9.96. The fourth-order valence-electron chi connectivity index (χ4n) is 4.91. The predicted molar refractivity (Wildman–Crippen MR) is 100 cm³/mol. The van der Waals surface area contributed by atoms with Gasteiger partial charge in [0.05, 0.1) is 0 Å². The van der Waals surface area contributed by atoms with Gasteiger partial charge in [0.1, 0.15) is 0 Å². The van der Waals surface area contributed by atoms with Crippen LogP contribution < -0.4 is 0 Å². The van der Waals surface area contributed by atoms with Crippen molar-refractivity contribution in [1.82, 2.24) is 14.7 Å². The Kier molecular flexibility index (Phi) is 5.09. The van der Waals surface area contributed by atoms with Crippen molar-refractivity contribution in [2.75, 3.05) is 39.8 Å². The number of hydrogen-bond donors (Lipinski definition) is 0. The molecule has 1 unspecified atom stereocenters. The second-order valence-electron chi connectivity index (χ2n) is 8.20. The van der Waals surface area contributed by atoms with E-state index in [2.05, 4.69) is 34.1 Å². The fraction of sp³-hybridized carbons (Fsp3) is 0.667. The topological polar surface area (TPSA) is 26.8 Å². The highest BCUT2D eigenvalue weighted by atomic mass is 16.2. The van der Waals surface area contributed by atoms with E-state index in [0.29, 0.717) is 11.8 Å². The summed E-state index contributed by atoms with van der Waals surface area (Å²) in [5, 5.41) is 0. The van der Waals surface area contributed by atoms with E-state index in [1.165, 1.54) is 51.0 Å². The zero-order chi connectivity index (χ0) is 17.2. The van der Waals surface area contributed by atoms with Crippen LogP contribution in [0.5, 0.6) is 0 Å². The number of nitrogens with zero attached hydrogens (tertiary/aromatic N) is 3. The van der Waals surface area contributed by atoms with Crippen molar-refractivity contribution < 1.29 is 4.79 Å². The van der Waals surface area contributed by atoms with E-state index in [0.717, 1.165) is 32.0 Å². The van der Waals surface area contributed by atoms with Crippen LogP contribution in [0.1, 0.15) is 36.8 Å². The van der Waals surface area contributed by atoms with Gasteiger partial charge in [-0.1, -0.05) is 24.3 Å². The van der Waals surface area contributed by atoms with Crippen molar-refractivity contribution in [2.24, 2.45) is 5.92 Å². The number of benzene rings is 1. The molecule has 0 spiro atoms. The molecule has 0 aliphatic carbocycles. The molecular formula is C21H31N3O. The number of fused-ring (bicyclic) bond motifs is 1. The van der Waals surface area contributed by atoms with Crippen LogP contribution in [0.2, 0.25) is 0 Å². The zero-order valence-corrected chi connectivity index (χ0v) is 15.5. The maximum atomic E-state index is 11.6. The van der Waals surface area contributed by atoms with E-state index >= 15 is 0 Å². The summed E-state index contributed by atoms with van der Waals surface area (Å²) in [6.45, 7) is 6.91. The van der Waals surface area contributed by atoms with Gasteiger partial charge < -0.3 is 9.80 Å². The Morgan fingerprint density at radius 1 is 1.00 bits per heavy atom. The van der Waals surface area contributed by atoms with Crippen molar-refractivity contribution >= 4 is 5.91 Å². The van der Waals surface area contributed by atoms with Gasteiger partial charge >= 0.3 is 0 Å². The molecule has 3 aliphatic heterocycles. The summed E-state index contributed by atoms with van der Waals surface area (Å²) >= 11 is 0. The zero-order valence-electron chi connectivity index (χ0n) is 15.5. The van der Waals surface area contributed by atoms with Gasteiger partial charge in [0.25, 0.3) is 0 Å². The summed E-state index contributed by atoms with van der Waals surface area (Å²) in [5.74, 6) is 0.987. The minimum absolute atomic E-state index is 0.320. The summed E-state index contributed by atoms with van der Waals surface area (Å²) in [6.07, 6.45) is 5.61. The molecule has 0 N–H and O–H groups in total. The minimum Gasteiger partial charge on any atom is -0.345 e. The van der Waals surface area contributed by atoms with Gasteiger partial charge in [0.15, 0.2) is 0 Å². The molecule has 4 nitrogen and oxygen atoms in total. The Labute approximate surface area is 151 Å². The lowest BCUT2D eigenvalue weighted by Crippen LogP contribution is -2.49. The van der Waals surface area contributed by atoms with Crippen LogP contribution in [0, 0.1) is 5.92 Å². The van der Waals surface area contributed by atoms with Crippen LogP contribution in [0.4, 0.5) is 0 Å². The molecule has 1 aromatic rings. The number of carbonyl (C=O) groups excluding carboxylic acids is 1. The fourth-order valence-corrected chi connectivity index (χ4v) is 4.91. The van der Waals surface area contributed by atoms with Crippen LogP contribution in [0.15, 0.2) is 24.3 Å². The highest BCUT2D eigenvalue weighted by Gasteiger charge is 2.29. The molecule has 3 heterocycles. The highest BCUT2D eigenvalue weighted by Crippen LogP contribution is 2.26. The highest BCUT2D eigenvalue weighted by molar-refractivity contribution is 5.76. The van der Waals surface area contributed by atoms with Crippen LogP contribution >= 0.6 is 0 Å². The lowest BCUT2D eigenvalue weighted by molar-refractivity contribution is -0.133. The van der Waals surface area contributed by atoms with Crippen molar-refractivity contribution in [2.45, 2.75) is 44.7 Å². The van der Waals surface area contributed by atoms with Crippen molar-refractivity contribution in [3.8, 4) is 0 Å². The molecule has 0 radical (unpaired) electrons. The second-order valence-corrected chi connectivity index (χ2v) is 8.20. The summed E-state index contributed by atoms with van der Waals surface area (Å²) in [5.41, 5.74) is 3.08. The van der Waals surface area contributed by atoms with Gasteiger partial charge in [-0.2, -0.15) is 0 Å². The molecule has 0 aromatic heterocycles. The molecule has 4 heteroatoms. The van der Waals surface area contributed by atoms with Crippen LogP contribution in [-0.4, -0.2) is 66.4 Å². The Balaban J connectivity index is 1.26. The average molecular weight is 341 g/mol. The van der Waals surface area contributed by atoms with E-state index < -0.39 is 0 Å². The maximum absolute atomic E-state index is 11.6. The van der Waals surface area contributed by atoms with Gasteiger partial charge in [-0.15, -0.1) is 0 Å². The number of amides is 1. The second kappa shape index (κ2) is 7.46. The smallest absolute Gasteiger partial charge is 0.222 e. The standard InChI is InChI=1S/C21H31N3O/c1-22-14-17(6-7-21(22)25)15-23-11-9-20(10-12-23)24-13-8-18-4-2-3-5-19(18)16-24/h2-5,17,20H,6-16H2,1H3. The minimum atomic E-state index is 0.320. The Bertz CT molecular complexity index is 609. The first-order chi connectivity index (χ1) is 12.2. The van der Waals surface area contributed by atoms with E-state index in [9.17, 15) is 4.79 Å². The summed E-state index contributed by atoms with van der Waals surface area (Å²) < 4.78 is 0. The molecule has 4 rings (SSSR count). The lowest BCUT2D eigenvalue weighted by Gasteiger charge is -2.42. The van der Waals surface area contributed by atoms with E-state index in [1.807, 2.05) is 11.9 Å². The number of likely N-dealkylation sites (tertiary alicyclic amines) is 2. The van der Waals surface area contributed by atoms with Gasteiger partial charge in [-0.05, 0) is 55.8 Å². The lowest BCUT2D eigenvalue weighted by atomic mass is 9.93. The Morgan fingerprint density at radius 2 is 1.76 bits per heavy atom. The first kappa shape index (κ1) is 17.0. The summed E-state index contributed by atoms with van der Waals surface area (Å²) in [4.78, 5) is 18.9. The van der Waals surface area contributed by atoms with Crippen molar-refractivity contribution in [3.05, 3.63) is 35.4 Å². The van der Waals surface area contributed by atoms with Gasteiger partial charge in [-0.3, -0.25) is 9.69 Å². The van der Waals surface area contributed by atoms with E-state index in [4.69, 9.17) is 0 Å². The molecule has 1 atom stereocenters. The molecule has 0 saturated carbocycles. The first-order valence-corrected chi connectivity index (χ1v) is 9.96. The van der Waals surface area contributed by atoms with Crippen molar-refractivity contribution in [3.63, 3.8) is 0 Å². The number of carbonyl (C=O) groups is 1. The number of hydrogen-bond acceptors (Lipinski definition) is 3. The van der Waals surface area contributed by atoms with Crippen molar-refractivity contribution in [1.29, 1.82) is 0 Å². The molecule has 136 valence electrons. The quantitative estimate of drug-likeness (QED) is 0.844. The normalized spacial score (nSPS) is 26.7. The Morgan fingerprint density at radius 3 is 2.52 bits per heavy atom. The summed E-state index contributed by atoms with van der Waals surface area (Å²) in [7, 11) is 1.95. The maximum Gasteiger partial charge on any atom is 0.222 e. The predicted octanol–water partition coefficient (Wildman–Crippen LogP) is 2.38. The molecule has 2 saturated heterocycles. The third-order valence-corrected chi connectivity index (χ3v) is 6.47. The SMILES string of the molecule is CN1CC(CN2CCC(N3CCc4ccccc4C3)CC2)CCC1=O. The number of rotatable bonds is 3. The molecule has 0 bridgehead atoms. The third-order valence-electron chi connectivity index (χ3n) is 6.47. The largest absolute Gasteiger partial charge is 0.345 e. The summed E-state index contributed by atoms with van der Waals surface area (Å²) in [6, 6.07) is 9.69. The van der Waals surface area contributed by atoms with Gasteiger partial charge in [-0.25, -0.2) is 0 Å². The van der Waals surface area contributed by atoms with Crippen LogP contribution in [-0.2, 0) is 17.8 Å². The molecular weight excluding hydrogens is 310 g/mol. The van der Waals surface area contributed by atoms with E-state index in [1.54, 1.807) is 5.56 Å². The van der Waals surface area contributed by atoms with Gasteiger partial charge in [0, 0.05) is 45.7 Å². The van der Waals surface area contributed by atoms with Crippen LogP contribution in [0.3, 0.4) is 0 Å². The third kappa shape index (κ3) is 3.90. The molecule has 3 aliphatic rings.